The molecule has 1 aliphatic carbocycles. The fourth-order valence-corrected chi connectivity index (χ4v) is 1.49. The number of pyridine rings is 1. The average molecular weight is 192 g/mol. The molecule has 1 fully saturated rings. The monoisotopic (exact) mass is 192 g/mol. The topological polar surface area (TPSA) is 34.2 Å². The molecule has 1 aliphatic rings. The summed E-state index contributed by atoms with van der Waals surface area (Å²) in [6.45, 7) is 0.865. The second-order valence-corrected chi connectivity index (χ2v) is 3.70. The van der Waals surface area contributed by atoms with Crippen molar-refractivity contribution in [3.8, 4) is 5.88 Å². The van der Waals surface area contributed by atoms with Gasteiger partial charge in [0.15, 0.2) is 0 Å². The Morgan fingerprint density at radius 3 is 3.07 bits per heavy atom. The smallest absolute Gasteiger partial charge is 0.213 e. The Hall–Kier alpha value is -1.09. The number of nitrogens with zero attached hydrogens (tertiary/aromatic N) is 1. The van der Waals surface area contributed by atoms with E-state index in [4.69, 9.17) is 4.74 Å². The third kappa shape index (κ3) is 2.23. The van der Waals surface area contributed by atoms with Crippen LogP contribution in [0, 0.1) is 0 Å². The van der Waals surface area contributed by atoms with E-state index in [2.05, 4.69) is 10.3 Å². The van der Waals surface area contributed by atoms with Crippen LogP contribution in [0.1, 0.15) is 24.8 Å². The van der Waals surface area contributed by atoms with Crippen LogP contribution < -0.4 is 10.1 Å². The molecule has 14 heavy (non-hydrogen) atoms. The van der Waals surface area contributed by atoms with E-state index in [-0.39, 0.29) is 0 Å². The molecule has 0 aromatic carbocycles. The van der Waals surface area contributed by atoms with E-state index in [1.807, 2.05) is 19.2 Å². The van der Waals surface area contributed by atoms with Gasteiger partial charge in [0.05, 0.1) is 0 Å². The van der Waals surface area contributed by atoms with Crippen molar-refractivity contribution < 1.29 is 4.74 Å². The Morgan fingerprint density at radius 1 is 1.57 bits per heavy atom. The Labute approximate surface area is 84.5 Å². The van der Waals surface area contributed by atoms with E-state index in [0.717, 1.165) is 12.4 Å². The first kappa shape index (κ1) is 9.46. The van der Waals surface area contributed by atoms with Crippen molar-refractivity contribution in [1.82, 2.24) is 10.3 Å². The SMILES string of the molecule is CNCc1ccnc(OC2CCC2)c1. The summed E-state index contributed by atoms with van der Waals surface area (Å²) in [5.74, 6) is 0.766. The minimum Gasteiger partial charge on any atom is -0.474 e. The van der Waals surface area contributed by atoms with Gasteiger partial charge < -0.3 is 10.1 Å². The number of aromatic nitrogens is 1. The van der Waals surface area contributed by atoms with E-state index >= 15 is 0 Å². The zero-order valence-electron chi connectivity index (χ0n) is 8.49. The zero-order chi connectivity index (χ0) is 9.80. The second kappa shape index (κ2) is 4.42. The Kier molecular flexibility index (Phi) is 2.99. The molecule has 1 heterocycles. The summed E-state index contributed by atoms with van der Waals surface area (Å²) in [6.07, 6.45) is 5.87. The number of rotatable bonds is 4. The van der Waals surface area contributed by atoms with Crippen LogP contribution in [-0.2, 0) is 6.54 Å². The van der Waals surface area contributed by atoms with Crippen LogP contribution >= 0.6 is 0 Å². The summed E-state index contributed by atoms with van der Waals surface area (Å²) in [7, 11) is 1.94. The first-order valence-corrected chi connectivity index (χ1v) is 5.14. The average Bonchev–Trinajstić information content (AvgIpc) is 2.13. The molecule has 0 amide bonds. The third-order valence-corrected chi connectivity index (χ3v) is 2.52. The number of hydrogen-bond donors (Lipinski definition) is 1. The summed E-state index contributed by atoms with van der Waals surface area (Å²) in [5.41, 5.74) is 1.22. The molecule has 0 unspecified atom stereocenters. The molecule has 1 N–H and O–H groups in total. The highest BCUT2D eigenvalue weighted by atomic mass is 16.5. The van der Waals surface area contributed by atoms with Gasteiger partial charge in [-0.25, -0.2) is 4.98 Å². The molecule has 0 bridgehead atoms. The molecule has 0 radical (unpaired) electrons. The van der Waals surface area contributed by atoms with Crippen LogP contribution in [0.25, 0.3) is 0 Å². The Bertz CT molecular complexity index is 297. The van der Waals surface area contributed by atoms with Crippen LogP contribution in [0.5, 0.6) is 5.88 Å². The van der Waals surface area contributed by atoms with Crippen molar-refractivity contribution in [3.05, 3.63) is 23.9 Å². The van der Waals surface area contributed by atoms with Gasteiger partial charge in [0.25, 0.3) is 0 Å². The summed E-state index contributed by atoms with van der Waals surface area (Å²) in [4.78, 5) is 4.19. The van der Waals surface area contributed by atoms with Gasteiger partial charge in [-0.1, -0.05) is 0 Å². The molecule has 0 saturated heterocycles. The predicted octanol–water partition coefficient (Wildman–Crippen LogP) is 1.73. The molecule has 3 heteroatoms. The van der Waals surface area contributed by atoms with Crippen LogP contribution in [0.15, 0.2) is 18.3 Å². The van der Waals surface area contributed by atoms with Gasteiger partial charge >= 0.3 is 0 Å². The van der Waals surface area contributed by atoms with Crippen molar-refractivity contribution in [3.63, 3.8) is 0 Å². The van der Waals surface area contributed by atoms with Crippen LogP contribution in [0.4, 0.5) is 0 Å². The highest BCUT2D eigenvalue weighted by molar-refractivity contribution is 5.20. The maximum Gasteiger partial charge on any atom is 0.213 e. The van der Waals surface area contributed by atoms with Crippen molar-refractivity contribution in [2.75, 3.05) is 7.05 Å². The Morgan fingerprint density at radius 2 is 2.43 bits per heavy atom. The van der Waals surface area contributed by atoms with E-state index in [9.17, 15) is 0 Å². The maximum atomic E-state index is 5.70. The lowest BCUT2D eigenvalue weighted by Gasteiger charge is -2.25. The highest BCUT2D eigenvalue weighted by Crippen LogP contribution is 2.24. The molecule has 1 aromatic heterocycles. The van der Waals surface area contributed by atoms with Gasteiger partial charge in [-0.05, 0) is 37.9 Å². The van der Waals surface area contributed by atoms with Crippen LogP contribution in [-0.4, -0.2) is 18.1 Å². The lowest BCUT2D eigenvalue weighted by Crippen LogP contribution is -2.25. The molecule has 1 aromatic rings. The van der Waals surface area contributed by atoms with Crippen LogP contribution in [0.3, 0.4) is 0 Å². The summed E-state index contributed by atoms with van der Waals surface area (Å²) < 4.78 is 5.70. The lowest BCUT2D eigenvalue weighted by molar-refractivity contribution is 0.114. The molecule has 1 saturated carbocycles. The fraction of sp³-hybridized carbons (Fsp3) is 0.545. The van der Waals surface area contributed by atoms with Gasteiger partial charge in [0, 0.05) is 18.8 Å². The summed E-state index contributed by atoms with van der Waals surface area (Å²) in [6, 6.07) is 4.01. The Balaban J connectivity index is 1.97. The number of nitrogens with one attached hydrogen (secondary N) is 1. The summed E-state index contributed by atoms with van der Waals surface area (Å²) in [5, 5.41) is 3.11. The van der Waals surface area contributed by atoms with Crippen molar-refractivity contribution in [2.45, 2.75) is 31.9 Å². The van der Waals surface area contributed by atoms with E-state index in [0.29, 0.717) is 6.10 Å². The molecule has 76 valence electrons. The van der Waals surface area contributed by atoms with Gasteiger partial charge in [-0.2, -0.15) is 0 Å². The molecule has 0 atom stereocenters. The molecule has 0 aliphatic heterocycles. The third-order valence-electron chi connectivity index (χ3n) is 2.52. The van der Waals surface area contributed by atoms with Gasteiger partial charge in [-0.3, -0.25) is 0 Å². The first-order chi connectivity index (χ1) is 6.88. The minimum atomic E-state index is 0.410. The van der Waals surface area contributed by atoms with Gasteiger partial charge in [0.2, 0.25) is 5.88 Å². The van der Waals surface area contributed by atoms with Crippen molar-refractivity contribution in [1.29, 1.82) is 0 Å². The molecular weight excluding hydrogens is 176 g/mol. The van der Waals surface area contributed by atoms with Gasteiger partial charge in [0.1, 0.15) is 6.10 Å². The lowest BCUT2D eigenvalue weighted by atomic mass is 9.96. The molecule has 3 nitrogen and oxygen atoms in total. The van der Waals surface area contributed by atoms with Crippen molar-refractivity contribution in [2.24, 2.45) is 0 Å². The normalized spacial score (nSPS) is 16.4. The minimum absolute atomic E-state index is 0.410. The quantitative estimate of drug-likeness (QED) is 0.789. The first-order valence-electron chi connectivity index (χ1n) is 5.14. The standard InChI is InChI=1S/C11H16N2O/c1-12-8-9-5-6-13-11(7-9)14-10-3-2-4-10/h5-7,10,12H,2-4,8H2,1H3. The van der Waals surface area contributed by atoms with E-state index < -0.39 is 0 Å². The number of ether oxygens (including phenoxy) is 1. The molecular formula is C11H16N2O. The second-order valence-electron chi connectivity index (χ2n) is 3.70. The summed E-state index contributed by atoms with van der Waals surface area (Å²) >= 11 is 0. The zero-order valence-corrected chi connectivity index (χ0v) is 8.49. The molecule has 0 spiro atoms. The van der Waals surface area contributed by atoms with Gasteiger partial charge in [-0.15, -0.1) is 0 Å². The fourth-order valence-electron chi connectivity index (χ4n) is 1.49. The van der Waals surface area contributed by atoms with Crippen molar-refractivity contribution >= 4 is 0 Å². The van der Waals surface area contributed by atoms with E-state index in [1.165, 1.54) is 24.8 Å². The largest absolute Gasteiger partial charge is 0.474 e. The maximum absolute atomic E-state index is 5.70. The van der Waals surface area contributed by atoms with Crippen LogP contribution in [0.2, 0.25) is 0 Å². The number of hydrogen-bond acceptors (Lipinski definition) is 3. The predicted molar refractivity (Wildman–Crippen MR) is 55.3 cm³/mol. The molecule has 2 rings (SSSR count). The highest BCUT2D eigenvalue weighted by Gasteiger charge is 2.19. The van der Waals surface area contributed by atoms with E-state index in [1.54, 1.807) is 6.20 Å².